The highest BCUT2D eigenvalue weighted by atomic mass is 32.2. The average molecular weight is 441 g/mol. The minimum Gasteiger partial charge on any atom is -0.409 e. The first-order valence-corrected chi connectivity index (χ1v) is 11.8. The Balaban J connectivity index is 1.69. The lowest BCUT2D eigenvalue weighted by Crippen LogP contribution is -2.39. The summed E-state index contributed by atoms with van der Waals surface area (Å²) in [6.07, 6.45) is 3.94. The van der Waals surface area contributed by atoms with Gasteiger partial charge in [0.25, 0.3) is 5.24 Å². The van der Waals surface area contributed by atoms with Gasteiger partial charge in [0.05, 0.1) is 10.5 Å². The van der Waals surface area contributed by atoms with Crippen LogP contribution in [-0.4, -0.2) is 39.5 Å². The number of benzene rings is 2. The Bertz CT molecular complexity index is 1030. The number of nitrogens with one attached hydrogen (secondary N) is 1. The SMILES string of the molecule is CSc1ccc(C(=NO)N2CCCc3cc(C4=NNC(=O)SC4(C)C)ccc32)cc1. The average Bonchev–Trinajstić information content (AvgIpc) is 2.74. The molecule has 30 heavy (non-hydrogen) atoms. The Hall–Kier alpha value is -2.45. The number of thioether (sulfide) groups is 2. The zero-order valence-corrected chi connectivity index (χ0v) is 18.8. The van der Waals surface area contributed by atoms with E-state index in [1.165, 1.54) is 22.2 Å². The second kappa shape index (κ2) is 8.35. The third-order valence-corrected chi connectivity index (χ3v) is 7.07. The number of amides is 1. The molecule has 2 aromatic rings. The molecule has 0 aliphatic carbocycles. The van der Waals surface area contributed by atoms with Gasteiger partial charge in [-0.05, 0) is 68.3 Å². The van der Waals surface area contributed by atoms with Gasteiger partial charge in [0.15, 0.2) is 5.84 Å². The van der Waals surface area contributed by atoms with Crippen molar-refractivity contribution in [1.82, 2.24) is 5.43 Å². The van der Waals surface area contributed by atoms with Gasteiger partial charge in [0.1, 0.15) is 0 Å². The number of hydrazone groups is 1. The lowest BCUT2D eigenvalue weighted by molar-refractivity contribution is 0.260. The number of carbonyl (C=O) groups excluding carboxylic acids is 1. The molecule has 0 spiro atoms. The number of hydrogen-bond acceptors (Lipinski definition) is 6. The van der Waals surface area contributed by atoms with Crippen LogP contribution in [0.25, 0.3) is 0 Å². The normalized spacial score (nSPS) is 18.5. The number of carbonyl (C=O) groups is 1. The molecule has 1 amide bonds. The second-order valence-corrected chi connectivity index (χ2v) is 10.2. The molecule has 4 rings (SSSR count). The summed E-state index contributed by atoms with van der Waals surface area (Å²) in [6.45, 7) is 4.81. The largest absolute Gasteiger partial charge is 0.409 e. The van der Waals surface area contributed by atoms with Crippen LogP contribution in [0.4, 0.5) is 10.5 Å². The molecule has 2 aliphatic heterocycles. The van der Waals surface area contributed by atoms with Crippen molar-refractivity contribution in [3.8, 4) is 0 Å². The van der Waals surface area contributed by atoms with Crippen LogP contribution in [0.5, 0.6) is 0 Å². The van der Waals surface area contributed by atoms with Crippen molar-refractivity contribution < 1.29 is 10.0 Å². The zero-order valence-electron chi connectivity index (χ0n) is 17.2. The van der Waals surface area contributed by atoms with Crippen LogP contribution in [0.2, 0.25) is 0 Å². The lowest BCUT2D eigenvalue weighted by Gasteiger charge is -2.33. The molecule has 2 aromatic carbocycles. The van der Waals surface area contributed by atoms with E-state index < -0.39 is 4.75 Å². The molecule has 0 saturated carbocycles. The molecule has 2 aliphatic rings. The summed E-state index contributed by atoms with van der Waals surface area (Å²) in [5.41, 5.74) is 7.54. The van der Waals surface area contributed by atoms with E-state index in [0.29, 0.717) is 5.84 Å². The van der Waals surface area contributed by atoms with E-state index >= 15 is 0 Å². The summed E-state index contributed by atoms with van der Waals surface area (Å²) in [5, 5.41) is 17.7. The standard InChI is InChI=1S/C22H24N4O2S2/c1-22(2)19(23-24-21(27)30-22)16-8-11-18-15(13-16)5-4-12-26(18)20(25-28)14-6-9-17(29-3)10-7-14/h6-11,13,28H,4-5,12H2,1-3H3,(H,24,27). The predicted molar refractivity (Wildman–Crippen MR) is 125 cm³/mol. The van der Waals surface area contributed by atoms with Gasteiger partial charge >= 0.3 is 0 Å². The third kappa shape index (κ3) is 3.94. The number of rotatable bonds is 3. The lowest BCUT2D eigenvalue weighted by atomic mass is 9.93. The molecule has 2 heterocycles. The van der Waals surface area contributed by atoms with E-state index in [2.05, 4.69) is 32.7 Å². The van der Waals surface area contributed by atoms with E-state index in [1.807, 2.05) is 50.4 Å². The van der Waals surface area contributed by atoms with Crippen LogP contribution in [0.3, 0.4) is 0 Å². The summed E-state index contributed by atoms with van der Waals surface area (Å²) < 4.78 is -0.401. The summed E-state index contributed by atoms with van der Waals surface area (Å²) >= 11 is 2.93. The summed E-state index contributed by atoms with van der Waals surface area (Å²) in [4.78, 5) is 15.0. The second-order valence-electron chi connectivity index (χ2n) is 7.72. The van der Waals surface area contributed by atoms with Crippen LogP contribution < -0.4 is 10.3 Å². The fourth-order valence-corrected chi connectivity index (χ4v) is 5.15. The first-order chi connectivity index (χ1) is 14.4. The highest BCUT2D eigenvalue weighted by Crippen LogP contribution is 2.35. The van der Waals surface area contributed by atoms with Crippen LogP contribution in [0, 0.1) is 0 Å². The third-order valence-electron chi connectivity index (χ3n) is 5.35. The zero-order chi connectivity index (χ0) is 21.3. The maximum Gasteiger partial charge on any atom is 0.300 e. The maximum atomic E-state index is 11.7. The number of fused-ring (bicyclic) bond motifs is 1. The molecule has 0 unspecified atom stereocenters. The number of oxime groups is 1. The van der Waals surface area contributed by atoms with Crippen molar-refractivity contribution in [3.05, 3.63) is 59.2 Å². The van der Waals surface area contributed by atoms with E-state index in [-0.39, 0.29) is 5.24 Å². The fraction of sp³-hybridized carbons (Fsp3) is 0.318. The van der Waals surface area contributed by atoms with Crippen molar-refractivity contribution in [2.45, 2.75) is 36.3 Å². The van der Waals surface area contributed by atoms with E-state index in [0.717, 1.165) is 41.9 Å². The molecule has 8 heteroatoms. The number of aryl methyl sites for hydroxylation is 1. The topological polar surface area (TPSA) is 77.3 Å². The van der Waals surface area contributed by atoms with Crippen molar-refractivity contribution in [2.24, 2.45) is 10.3 Å². The van der Waals surface area contributed by atoms with Gasteiger partial charge in [-0.3, -0.25) is 4.79 Å². The highest BCUT2D eigenvalue weighted by Gasteiger charge is 2.34. The Kier molecular flexibility index (Phi) is 5.79. The molecule has 0 radical (unpaired) electrons. The Labute approximate surface area is 184 Å². The molecule has 6 nitrogen and oxygen atoms in total. The van der Waals surface area contributed by atoms with Gasteiger partial charge < -0.3 is 10.1 Å². The van der Waals surface area contributed by atoms with Crippen LogP contribution in [-0.2, 0) is 6.42 Å². The molecule has 2 N–H and O–H groups in total. The van der Waals surface area contributed by atoms with Crippen molar-refractivity contribution >= 4 is 46.0 Å². The summed E-state index contributed by atoms with van der Waals surface area (Å²) in [7, 11) is 0. The molecular formula is C22H24N4O2S2. The first-order valence-electron chi connectivity index (χ1n) is 9.77. The molecule has 0 saturated heterocycles. The molecule has 0 aromatic heterocycles. The van der Waals surface area contributed by atoms with Crippen molar-refractivity contribution in [2.75, 3.05) is 17.7 Å². The highest BCUT2D eigenvalue weighted by molar-refractivity contribution is 8.15. The van der Waals surface area contributed by atoms with Crippen LogP contribution >= 0.6 is 23.5 Å². The summed E-state index contributed by atoms with van der Waals surface area (Å²) in [5.74, 6) is 0.550. The Morgan fingerprint density at radius 2 is 2.03 bits per heavy atom. The number of amidine groups is 1. The van der Waals surface area contributed by atoms with Gasteiger partial charge in [-0.15, -0.1) is 11.8 Å². The van der Waals surface area contributed by atoms with E-state index in [4.69, 9.17) is 0 Å². The van der Waals surface area contributed by atoms with Crippen molar-refractivity contribution in [3.63, 3.8) is 0 Å². The summed E-state index contributed by atoms with van der Waals surface area (Å²) in [6, 6.07) is 14.3. The minimum absolute atomic E-state index is 0.135. The minimum atomic E-state index is -0.401. The van der Waals surface area contributed by atoms with E-state index in [9.17, 15) is 10.0 Å². The monoisotopic (exact) mass is 440 g/mol. The maximum absolute atomic E-state index is 11.7. The van der Waals surface area contributed by atoms with Gasteiger partial charge in [-0.25, -0.2) is 5.43 Å². The van der Waals surface area contributed by atoms with E-state index in [1.54, 1.807) is 11.8 Å². The smallest absolute Gasteiger partial charge is 0.300 e. The number of anilines is 1. The predicted octanol–water partition coefficient (Wildman–Crippen LogP) is 4.94. The molecular weight excluding hydrogens is 416 g/mol. The van der Waals surface area contributed by atoms with Gasteiger partial charge in [0, 0.05) is 22.7 Å². The first kappa shape index (κ1) is 20.8. The van der Waals surface area contributed by atoms with Crippen LogP contribution in [0.15, 0.2) is 57.6 Å². The van der Waals surface area contributed by atoms with Gasteiger partial charge in [-0.1, -0.05) is 35.1 Å². The Morgan fingerprint density at radius 1 is 1.27 bits per heavy atom. The quantitative estimate of drug-likeness (QED) is 0.232. The van der Waals surface area contributed by atoms with Crippen molar-refractivity contribution in [1.29, 1.82) is 0 Å². The van der Waals surface area contributed by atoms with Crippen LogP contribution in [0.1, 0.15) is 37.0 Å². The molecule has 0 bridgehead atoms. The Morgan fingerprint density at radius 3 is 2.70 bits per heavy atom. The molecule has 0 fully saturated rings. The molecule has 156 valence electrons. The molecule has 0 atom stereocenters. The van der Waals surface area contributed by atoms with Gasteiger partial charge in [0.2, 0.25) is 0 Å². The van der Waals surface area contributed by atoms with Gasteiger partial charge in [-0.2, -0.15) is 5.10 Å². The number of hydrogen-bond donors (Lipinski definition) is 2. The number of nitrogens with zero attached hydrogens (tertiary/aromatic N) is 3. The fourth-order valence-electron chi connectivity index (χ4n) is 3.92.